The average Bonchev–Trinajstić information content (AvgIpc) is 3.37. The maximum absolute atomic E-state index is 13.0. The molecule has 208 valence electrons. The van der Waals surface area contributed by atoms with Crippen molar-refractivity contribution in [1.82, 2.24) is 4.98 Å². The van der Waals surface area contributed by atoms with Gasteiger partial charge >= 0.3 is 5.97 Å². The number of thiazole rings is 1. The molecule has 0 spiro atoms. The third-order valence-corrected chi connectivity index (χ3v) is 13.6. The monoisotopic (exact) mass is 556 g/mol. The summed E-state index contributed by atoms with van der Waals surface area (Å²) < 4.78 is 19.4. The highest BCUT2D eigenvalue weighted by Gasteiger charge is 2.49. The molecule has 0 N–H and O–H groups in total. The number of carbonyl (C=O) groups excluding carboxylic acids is 1. The topological polar surface area (TPSA) is 81.4 Å². The molecule has 8 heteroatoms. The van der Waals surface area contributed by atoms with Crippen LogP contribution in [0.15, 0.2) is 29.6 Å². The molecular formula is C30H44N2O4SSi. The van der Waals surface area contributed by atoms with Gasteiger partial charge in [0.1, 0.15) is 0 Å². The fourth-order valence-electron chi connectivity index (χ4n) is 4.75. The van der Waals surface area contributed by atoms with Crippen LogP contribution in [0.3, 0.4) is 0 Å². The van der Waals surface area contributed by atoms with Gasteiger partial charge in [-0.2, -0.15) is 5.26 Å². The van der Waals surface area contributed by atoms with E-state index in [2.05, 4.69) is 59.2 Å². The molecule has 4 atom stereocenters. The number of nitrogens with zero attached hydrogens (tertiary/aromatic N) is 2. The Morgan fingerprint density at radius 3 is 2.37 bits per heavy atom. The minimum Gasteiger partial charge on any atom is -0.466 e. The van der Waals surface area contributed by atoms with E-state index >= 15 is 0 Å². The lowest BCUT2D eigenvalue weighted by Crippen LogP contribution is -2.53. The van der Waals surface area contributed by atoms with Crippen LogP contribution >= 0.6 is 11.3 Å². The Kier molecular flexibility index (Phi) is 10.3. The second-order valence-corrected chi connectivity index (χ2v) is 17.4. The molecule has 38 heavy (non-hydrogen) atoms. The molecule has 1 aromatic carbocycles. The molecule has 1 aliphatic carbocycles. The Morgan fingerprint density at radius 2 is 1.82 bits per heavy atom. The van der Waals surface area contributed by atoms with Gasteiger partial charge in [-0.15, -0.1) is 11.3 Å². The molecule has 6 nitrogen and oxygen atoms in total. The maximum Gasteiger partial charge on any atom is 0.309 e. The standard InChI is InChI=1S/C30H44N2O4SSi/c1-9-23(10-2)35-26-17-22(29(33)34-11-3)16-24(27(26)36-38(7,8)30(4,5)6)28-32-25(19-37-28)21-14-12-20(18-31)13-15-21/h12-15,19,22-24,26-27H,9-11,16-17H2,1-8H3/t22-,24+,26-,27+/m1/s1. The number of esters is 1. The molecule has 2 aromatic rings. The summed E-state index contributed by atoms with van der Waals surface area (Å²) in [5.41, 5.74) is 2.46. The lowest BCUT2D eigenvalue weighted by atomic mass is 9.77. The highest BCUT2D eigenvalue weighted by molar-refractivity contribution is 7.10. The summed E-state index contributed by atoms with van der Waals surface area (Å²) in [5.74, 6) is -0.505. The number of hydrogen-bond donors (Lipinski definition) is 0. The summed E-state index contributed by atoms with van der Waals surface area (Å²) in [6, 6.07) is 9.66. The van der Waals surface area contributed by atoms with Gasteiger partial charge in [-0.25, -0.2) is 4.98 Å². The summed E-state index contributed by atoms with van der Waals surface area (Å²) >= 11 is 1.61. The third kappa shape index (κ3) is 7.12. The minimum atomic E-state index is -2.16. The van der Waals surface area contributed by atoms with Gasteiger partial charge in [-0.1, -0.05) is 46.8 Å². The van der Waals surface area contributed by atoms with Gasteiger partial charge in [0, 0.05) is 16.9 Å². The number of hydrogen-bond acceptors (Lipinski definition) is 7. The molecule has 0 amide bonds. The predicted octanol–water partition coefficient (Wildman–Crippen LogP) is 7.70. The van der Waals surface area contributed by atoms with Crippen molar-refractivity contribution in [3.8, 4) is 17.3 Å². The smallest absolute Gasteiger partial charge is 0.309 e. The zero-order chi connectivity index (χ0) is 28.1. The summed E-state index contributed by atoms with van der Waals surface area (Å²) in [4.78, 5) is 18.1. The second-order valence-electron chi connectivity index (χ2n) is 11.7. The number of rotatable bonds is 10. The van der Waals surface area contributed by atoms with E-state index < -0.39 is 8.32 Å². The first-order chi connectivity index (χ1) is 17.9. The molecule has 3 rings (SSSR count). The number of carbonyl (C=O) groups is 1. The van der Waals surface area contributed by atoms with E-state index in [-0.39, 0.29) is 41.2 Å². The van der Waals surface area contributed by atoms with Crippen molar-refractivity contribution in [1.29, 1.82) is 5.26 Å². The van der Waals surface area contributed by atoms with Crippen molar-refractivity contribution < 1.29 is 18.7 Å². The summed E-state index contributed by atoms with van der Waals surface area (Å²) in [6.45, 7) is 17.8. The van der Waals surface area contributed by atoms with Gasteiger partial charge < -0.3 is 13.9 Å². The second kappa shape index (κ2) is 12.9. The number of ether oxygens (including phenoxy) is 2. The summed E-state index contributed by atoms with van der Waals surface area (Å²) in [5, 5.41) is 12.2. The Bertz CT molecular complexity index is 1100. The first-order valence-electron chi connectivity index (χ1n) is 13.9. The van der Waals surface area contributed by atoms with Crippen LogP contribution in [0.2, 0.25) is 18.1 Å². The molecule has 0 aliphatic heterocycles. The van der Waals surface area contributed by atoms with Gasteiger partial charge in [-0.3, -0.25) is 4.79 Å². The predicted molar refractivity (Wildman–Crippen MR) is 156 cm³/mol. The molecule has 1 saturated carbocycles. The first-order valence-corrected chi connectivity index (χ1v) is 17.7. The number of aromatic nitrogens is 1. The Hall–Kier alpha value is -2.05. The van der Waals surface area contributed by atoms with Crippen molar-refractivity contribution in [3.05, 3.63) is 40.2 Å². The largest absolute Gasteiger partial charge is 0.466 e. The van der Waals surface area contributed by atoms with Crippen LogP contribution in [-0.4, -0.2) is 44.2 Å². The van der Waals surface area contributed by atoms with Crippen molar-refractivity contribution in [3.63, 3.8) is 0 Å². The minimum absolute atomic E-state index is 0.0333. The zero-order valence-corrected chi connectivity index (χ0v) is 26.1. The van der Waals surface area contributed by atoms with Crippen LogP contribution in [0, 0.1) is 17.2 Å². The van der Waals surface area contributed by atoms with Gasteiger partial charge in [-0.05, 0) is 62.9 Å². The van der Waals surface area contributed by atoms with Gasteiger partial charge in [0.25, 0.3) is 0 Å². The van der Waals surface area contributed by atoms with Crippen molar-refractivity contribution in [2.75, 3.05) is 6.61 Å². The van der Waals surface area contributed by atoms with E-state index in [0.29, 0.717) is 25.0 Å². The normalized spacial score (nSPS) is 22.3. The Labute approximate surface area is 233 Å². The Morgan fingerprint density at radius 1 is 1.16 bits per heavy atom. The van der Waals surface area contributed by atoms with Gasteiger partial charge in [0.2, 0.25) is 0 Å². The molecule has 0 bridgehead atoms. The van der Waals surface area contributed by atoms with Crippen molar-refractivity contribution in [2.24, 2.45) is 5.92 Å². The van der Waals surface area contributed by atoms with E-state index in [9.17, 15) is 4.79 Å². The van der Waals surface area contributed by atoms with Gasteiger partial charge in [0.15, 0.2) is 8.32 Å². The highest BCUT2D eigenvalue weighted by Crippen LogP contribution is 2.46. The highest BCUT2D eigenvalue weighted by atomic mass is 32.1. The number of nitriles is 1. The molecule has 0 radical (unpaired) electrons. The number of benzene rings is 1. The van der Waals surface area contributed by atoms with Crippen LogP contribution < -0.4 is 0 Å². The van der Waals surface area contributed by atoms with Crippen LogP contribution in [0.1, 0.15) is 83.7 Å². The maximum atomic E-state index is 13.0. The quantitative estimate of drug-likeness (QED) is 0.220. The lowest BCUT2D eigenvalue weighted by molar-refractivity contribution is -0.158. The van der Waals surface area contributed by atoms with Crippen LogP contribution in [0.25, 0.3) is 11.3 Å². The van der Waals surface area contributed by atoms with E-state index in [4.69, 9.17) is 24.1 Å². The summed E-state index contributed by atoms with van der Waals surface area (Å²) in [6.07, 6.45) is 2.74. The van der Waals surface area contributed by atoms with E-state index in [1.807, 2.05) is 31.2 Å². The molecule has 1 heterocycles. The Balaban J connectivity index is 2.04. The first kappa shape index (κ1) is 30.5. The SMILES string of the molecule is CCOC(=O)[C@@H]1C[C@H](c2nc(-c3ccc(C#N)cc3)cs2)[C@H](O[Si](C)(C)C(C)(C)C)[C@H](OC(CC)CC)C1. The third-order valence-electron chi connectivity index (χ3n) is 8.10. The van der Waals surface area contributed by atoms with Crippen LogP contribution in [-0.2, 0) is 18.7 Å². The zero-order valence-electron chi connectivity index (χ0n) is 24.2. The van der Waals surface area contributed by atoms with E-state index in [1.54, 1.807) is 11.3 Å². The van der Waals surface area contributed by atoms with Crippen LogP contribution in [0.4, 0.5) is 0 Å². The van der Waals surface area contributed by atoms with E-state index in [1.165, 1.54) is 0 Å². The molecule has 0 unspecified atom stereocenters. The van der Waals surface area contributed by atoms with E-state index in [0.717, 1.165) is 29.1 Å². The van der Waals surface area contributed by atoms with Crippen molar-refractivity contribution in [2.45, 2.75) is 110 Å². The average molecular weight is 557 g/mol. The molecule has 1 aliphatic rings. The fourth-order valence-corrected chi connectivity index (χ4v) is 7.07. The van der Waals surface area contributed by atoms with Crippen molar-refractivity contribution >= 4 is 25.6 Å². The molecule has 1 fully saturated rings. The molecular weight excluding hydrogens is 512 g/mol. The summed E-state index contributed by atoms with van der Waals surface area (Å²) in [7, 11) is -2.16. The van der Waals surface area contributed by atoms with Crippen LogP contribution in [0.5, 0.6) is 0 Å². The van der Waals surface area contributed by atoms with Gasteiger partial charge in [0.05, 0.1) is 53.2 Å². The molecule has 1 aromatic heterocycles. The lowest BCUT2D eigenvalue weighted by Gasteiger charge is -2.47. The molecule has 0 saturated heterocycles. The fraction of sp³-hybridized carbons (Fsp3) is 0.633.